The Morgan fingerprint density at radius 1 is 1.45 bits per heavy atom. The highest BCUT2D eigenvalue weighted by Crippen LogP contribution is 2.31. The molecule has 1 amide bonds. The summed E-state index contributed by atoms with van der Waals surface area (Å²) < 4.78 is 38.0. The molecule has 1 aromatic rings. The van der Waals surface area contributed by atoms with Crippen LogP contribution >= 0.6 is 12.4 Å². The normalized spacial score (nSPS) is 15.6. The minimum Gasteiger partial charge on any atom is -0.350 e. The van der Waals surface area contributed by atoms with E-state index in [0.717, 1.165) is 31.2 Å². The number of hydrogen-bond acceptors (Lipinski definition) is 4. The number of benzene rings is 1. The van der Waals surface area contributed by atoms with Crippen LogP contribution in [-0.4, -0.2) is 33.2 Å². The Hall–Kier alpha value is -1.38. The Labute approximate surface area is 135 Å². The molecule has 1 fully saturated rings. The third-order valence-electron chi connectivity index (χ3n) is 3.25. The first-order valence-corrected chi connectivity index (χ1v) is 8.46. The van der Waals surface area contributed by atoms with Gasteiger partial charge in [0.05, 0.1) is 17.5 Å². The third-order valence-corrected chi connectivity index (χ3v) is 3.84. The predicted molar refractivity (Wildman–Crippen MR) is 85.1 cm³/mol. The molecule has 0 radical (unpaired) electrons. The van der Waals surface area contributed by atoms with E-state index in [-0.39, 0.29) is 36.2 Å². The summed E-state index contributed by atoms with van der Waals surface area (Å²) in [6.07, 6.45) is 3.07. The molecule has 9 heteroatoms. The van der Waals surface area contributed by atoms with Crippen LogP contribution in [0.4, 0.5) is 10.1 Å². The van der Waals surface area contributed by atoms with Gasteiger partial charge in [0, 0.05) is 12.6 Å². The number of anilines is 1. The van der Waals surface area contributed by atoms with Gasteiger partial charge >= 0.3 is 0 Å². The van der Waals surface area contributed by atoms with Gasteiger partial charge in [0.2, 0.25) is 10.0 Å². The molecule has 1 aromatic carbocycles. The number of amides is 1. The van der Waals surface area contributed by atoms with Gasteiger partial charge in [-0.05, 0) is 37.0 Å². The highest BCUT2D eigenvalue weighted by molar-refractivity contribution is 7.92. The summed E-state index contributed by atoms with van der Waals surface area (Å²) >= 11 is 0. The van der Waals surface area contributed by atoms with Crippen molar-refractivity contribution in [3.63, 3.8) is 0 Å². The van der Waals surface area contributed by atoms with Gasteiger partial charge in [-0.15, -0.1) is 12.4 Å². The molecular weight excluding hydrogens is 333 g/mol. The first-order chi connectivity index (χ1) is 9.76. The van der Waals surface area contributed by atoms with Crippen LogP contribution in [0.1, 0.15) is 23.2 Å². The van der Waals surface area contributed by atoms with Crippen molar-refractivity contribution in [3.05, 3.63) is 29.6 Å². The molecule has 0 heterocycles. The molecule has 22 heavy (non-hydrogen) atoms. The first-order valence-electron chi connectivity index (χ1n) is 6.57. The average Bonchev–Trinajstić information content (AvgIpc) is 3.20. The highest BCUT2D eigenvalue weighted by atomic mass is 35.5. The predicted octanol–water partition coefficient (Wildman–Crippen LogP) is 1.09. The SMILES string of the molecule is CS(=O)(=O)Nc1ccc(F)cc1C(=O)NCC(N)C1CC1.Cl. The minimum absolute atomic E-state index is 0. The van der Waals surface area contributed by atoms with Gasteiger partial charge < -0.3 is 11.1 Å². The molecule has 6 nitrogen and oxygen atoms in total. The molecule has 1 aliphatic rings. The van der Waals surface area contributed by atoms with Gasteiger partial charge in [0.1, 0.15) is 5.82 Å². The second kappa shape index (κ2) is 7.26. The fraction of sp³-hybridized carbons (Fsp3) is 0.462. The summed E-state index contributed by atoms with van der Waals surface area (Å²) in [4.78, 5) is 12.1. The topological polar surface area (TPSA) is 101 Å². The maximum atomic E-state index is 13.3. The van der Waals surface area contributed by atoms with E-state index in [1.807, 2.05) is 0 Å². The second-order valence-electron chi connectivity index (χ2n) is 5.28. The van der Waals surface area contributed by atoms with E-state index >= 15 is 0 Å². The molecule has 1 atom stereocenters. The molecule has 4 N–H and O–H groups in total. The molecule has 0 aliphatic heterocycles. The lowest BCUT2D eigenvalue weighted by molar-refractivity contribution is 0.0950. The van der Waals surface area contributed by atoms with E-state index in [4.69, 9.17) is 5.73 Å². The van der Waals surface area contributed by atoms with E-state index in [1.165, 1.54) is 6.07 Å². The number of nitrogens with one attached hydrogen (secondary N) is 2. The van der Waals surface area contributed by atoms with Gasteiger partial charge in [-0.2, -0.15) is 0 Å². The summed E-state index contributed by atoms with van der Waals surface area (Å²) in [7, 11) is -3.56. The van der Waals surface area contributed by atoms with Crippen molar-refractivity contribution < 1.29 is 17.6 Å². The van der Waals surface area contributed by atoms with Gasteiger partial charge in [-0.25, -0.2) is 12.8 Å². The van der Waals surface area contributed by atoms with Crippen LogP contribution in [-0.2, 0) is 10.0 Å². The minimum atomic E-state index is -3.56. The summed E-state index contributed by atoms with van der Waals surface area (Å²) in [5.41, 5.74) is 5.85. The number of rotatable bonds is 6. The largest absolute Gasteiger partial charge is 0.350 e. The smallest absolute Gasteiger partial charge is 0.253 e. The van der Waals surface area contributed by atoms with Crippen molar-refractivity contribution in [2.45, 2.75) is 18.9 Å². The van der Waals surface area contributed by atoms with Crippen molar-refractivity contribution in [3.8, 4) is 0 Å². The molecule has 1 aliphatic carbocycles. The van der Waals surface area contributed by atoms with Crippen LogP contribution in [0.5, 0.6) is 0 Å². The van der Waals surface area contributed by atoms with Gasteiger partial charge in [-0.1, -0.05) is 0 Å². The van der Waals surface area contributed by atoms with Crippen molar-refractivity contribution in [1.29, 1.82) is 0 Å². The van der Waals surface area contributed by atoms with E-state index in [1.54, 1.807) is 0 Å². The molecular formula is C13H19ClFN3O3S. The Morgan fingerprint density at radius 2 is 2.09 bits per heavy atom. The zero-order valence-corrected chi connectivity index (χ0v) is 13.6. The van der Waals surface area contributed by atoms with Gasteiger partial charge in [0.25, 0.3) is 5.91 Å². The van der Waals surface area contributed by atoms with Crippen LogP contribution in [0.3, 0.4) is 0 Å². The quantitative estimate of drug-likeness (QED) is 0.714. The molecule has 2 rings (SSSR count). The molecule has 124 valence electrons. The molecule has 0 spiro atoms. The molecule has 1 unspecified atom stereocenters. The summed E-state index contributed by atoms with van der Waals surface area (Å²) in [6, 6.07) is 3.16. The maximum Gasteiger partial charge on any atom is 0.253 e. The molecule has 1 saturated carbocycles. The van der Waals surface area contributed by atoms with Crippen LogP contribution in [0.15, 0.2) is 18.2 Å². The maximum absolute atomic E-state index is 13.3. The van der Waals surface area contributed by atoms with Crippen LogP contribution in [0, 0.1) is 11.7 Å². The zero-order chi connectivity index (χ0) is 15.6. The van der Waals surface area contributed by atoms with Crippen molar-refractivity contribution in [1.82, 2.24) is 5.32 Å². The zero-order valence-electron chi connectivity index (χ0n) is 12.0. The third kappa shape index (κ3) is 5.43. The molecule has 0 bridgehead atoms. The highest BCUT2D eigenvalue weighted by Gasteiger charge is 2.28. The second-order valence-corrected chi connectivity index (χ2v) is 7.02. The first kappa shape index (κ1) is 18.7. The Morgan fingerprint density at radius 3 is 2.64 bits per heavy atom. The van der Waals surface area contributed by atoms with Crippen molar-refractivity contribution >= 4 is 34.0 Å². The van der Waals surface area contributed by atoms with Crippen LogP contribution in [0.25, 0.3) is 0 Å². The van der Waals surface area contributed by atoms with Gasteiger partial charge in [0.15, 0.2) is 0 Å². The number of sulfonamides is 1. The number of hydrogen-bond donors (Lipinski definition) is 3. The summed E-state index contributed by atoms with van der Waals surface area (Å²) in [5, 5.41) is 2.61. The lowest BCUT2D eigenvalue weighted by Crippen LogP contribution is -2.38. The van der Waals surface area contributed by atoms with E-state index < -0.39 is 21.7 Å². The fourth-order valence-corrected chi connectivity index (χ4v) is 2.57. The summed E-state index contributed by atoms with van der Waals surface area (Å²) in [5.74, 6) is -0.756. The van der Waals surface area contributed by atoms with Crippen molar-refractivity contribution in [2.24, 2.45) is 11.7 Å². The monoisotopic (exact) mass is 351 g/mol. The number of halogens is 2. The van der Waals surface area contributed by atoms with Crippen molar-refractivity contribution in [2.75, 3.05) is 17.5 Å². The number of nitrogens with two attached hydrogens (primary N) is 1. The average molecular weight is 352 g/mol. The molecule has 0 aromatic heterocycles. The molecule has 0 saturated heterocycles. The van der Waals surface area contributed by atoms with E-state index in [0.29, 0.717) is 5.92 Å². The van der Waals surface area contributed by atoms with Gasteiger partial charge in [-0.3, -0.25) is 9.52 Å². The number of carbonyl (C=O) groups is 1. The standard InChI is InChI=1S/C13H18FN3O3S.ClH/c1-21(19,20)17-12-5-4-9(14)6-10(12)13(18)16-7-11(15)8-2-3-8;/h4-6,8,11,17H,2-3,7,15H2,1H3,(H,16,18);1H. The fourth-order valence-electron chi connectivity index (χ4n) is 1.99. The van der Waals surface area contributed by atoms with E-state index in [2.05, 4.69) is 10.0 Å². The Kier molecular flexibility index (Phi) is 6.16. The number of carbonyl (C=O) groups excluding carboxylic acids is 1. The lowest BCUT2D eigenvalue weighted by atomic mass is 10.1. The van der Waals surface area contributed by atoms with E-state index in [9.17, 15) is 17.6 Å². The van der Waals surface area contributed by atoms with Crippen LogP contribution in [0.2, 0.25) is 0 Å². The Balaban J connectivity index is 0.00000242. The summed E-state index contributed by atoms with van der Waals surface area (Å²) in [6.45, 7) is 0.276. The van der Waals surface area contributed by atoms with Crippen LogP contribution < -0.4 is 15.8 Å². The lowest BCUT2D eigenvalue weighted by Gasteiger charge is -2.14. The Bertz CT molecular complexity index is 650.